The Balaban J connectivity index is 1.46. The zero-order valence-electron chi connectivity index (χ0n) is 15.5. The number of Topliss-reactive ketones (excluding diaryl/α,β-unsaturated/α-hetero) is 1. The minimum absolute atomic E-state index is 0.00892. The van der Waals surface area contributed by atoms with Crippen molar-refractivity contribution in [1.29, 1.82) is 0 Å². The first-order valence-electron chi connectivity index (χ1n) is 9.09. The van der Waals surface area contributed by atoms with Crippen LogP contribution in [0.25, 0.3) is 0 Å². The highest BCUT2D eigenvalue weighted by Crippen LogP contribution is 2.20. The maximum atomic E-state index is 12.4. The van der Waals surface area contributed by atoms with Gasteiger partial charge in [0.15, 0.2) is 5.78 Å². The van der Waals surface area contributed by atoms with E-state index in [4.69, 9.17) is 16.0 Å². The fourth-order valence-corrected chi connectivity index (χ4v) is 3.02. The molecule has 0 N–H and O–H groups in total. The molecule has 0 spiro atoms. The number of ketones is 1. The van der Waals surface area contributed by atoms with Gasteiger partial charge in [-0.1, -0.05) is 30.5 Å². The van der Waals surface area contributed by atoms with Crippen LogP contribution < -0.4 is 4.90 Å². The zero-order chi connectivity index (χ0) is 19.4. The van der Waals surface area contributed by atoms with Crippen molar-refractivity contribution in [2.75, 3.05) is 31.1 Å². The van der Waals surface area contributed by atoms with Crippen LogP contribution in [0.2, 0.25) is 5.02 Å². The number of hydrogen-bond acceptors (Lipinski definition) is 6. The first kappa shape index (κ1) is 19.4. The largest absolute Gasteiger partial charge is 0.408 e. The predicted molar refractivity (Wildman–Crippen MR) is 102 cm³/mol. The van der Waals surface area contributed by atoms with Gasteiger partial charge in [-0.15, -0.1) is 5.10 Å². The third kappa shape index (κ3) is 4.86. The van der Waals surface area contributed by atoms with E-state index in [-0.39, 0.29) is 30.4 Å². The Kier molecular flexibility index (Phi) is 6.11. The number of hydrogen-bond donors (Lipinski definition) is 0. The summed E-state index contributed by atoms with van der Waals surface area (Å²) in [4.78, 5) is 28.4. The summed E-state index contributed by atoms with van der Waals surface area (Å²) < 4.78 is 5.66. The van der Waals surface area contributed by atoms with E-state index in [1.54, 1.807) is 29.2 Å². The number of halogens is 1. The summed E-state index contributed by atoms with van der Waals surface area (Å²) >= 11 is 5.83. The Morgan fingerprint density at radius 2 is 1.74 bits per heavy atom. The molecule has 0 aliphatic carbocycles. The fourth-order valence-electron chi connectivity index (χ4n) is 2.89. The second-order valence-corrected chi connectivity index (χ2v) is 7.31. The maximum Gasteiger partial charge on any atom is 0.318 e. The number of anilines is 1. The van der Waals surface area contributed by atoms with Gasteiger partial charge in [0, 0.05) is 55.5 Å². The number of rotatable bonds is 6. The summed E-state index contributed by atoms with van der Waals surface area (Å²) in [5.41, 5.74) is 0.578. The molecule has 1 aromatic heterocycles. The first-order chi connectivity index (χ1) is 12.9. The van der Waals surface area contributed by atoms with E-state index >= 15 is 0 Å². The number of carbonyl (C=O) groups excluding carboxylic acids is 2. The summed E-state index contributed by atoms with van der Waals surface area (Å²) in [5.74, 6) is 0.743. The monoisotopic (exact) mass is 390 g/mol. The van der Waals surface area contributed by atoms with E-state index in [1.165, 1.54) is 0 Å². The predicted octanol–water partition coefficient (Wildman–Crippen LogP) is 3.16. The molecule has 7 nitrogen and oxygen atoms in total. The smallest absolute Gasteiger partial charge is 0.318 e. The first-order valence-corrected chi connectivity index (χ1v) is 9.46. The lowest BCUT2D eigenvalue weighted by Gasteiger charge is -2.33. The van der Waals surface area contributed by atoms with Gasteiger partial charge < -0.3 is 14.2 Å². The number of carbonyl (C=O) groups is 2. The molecule has 0 unspecified atom stereocenters. The van der Waals surface area contributed by atoms with Crippen LogP contribution in [0.15, 0.2) is 28.7 Å². The van der Waals surface area contributed by atoms with E-state index in [9.17, 15) is 9.59 Å². The Hall–Kier alpha value is -2.41. The Morgan fingerprint density at radius 1 is 1.07 bits per heavy atom. The van der Waals surface area contributed by atoms with Crippen molar-refractivity contribution in [3.05, 3.63) is 40.7 Å². The van der Waals surface area contributed by atoms with Crippen LogP contribution in [0.1, 0.15) is 48.9 Å². The van der Waals surface area contributed by atoms with E-state index in [1.807, 2.05) is 18.7 Å². The summed E-state index contributed by atoms with van der Waals surface area (Å²) in [6.45, 7) is 6.42. The van der Waals surface area contributed by atoms with E-state index in [0.717, 1.165) is 0 Å². The molecule has 3 rings (SSSR count). The van der Waals surface area contributed by atoms with Gasteiger partial charge in [-0.2, -0.15) is 0 Å². The molecule has 2 aromatic rings. The van der Waals surface area contributed by atoms with Crippen LogP contribution in [0.3, 0.4) is 0 Å². The number of piperazine rings is 1. The second-order valence-electron chi connectivity index (χ2n) is 6.88. The van der Waals surface area contributed by atoms with Gasteiger partial charge in [-0.25, -0.2) is 0 Å². The standard InChI is InChI=1S/C19H23ClN4O3/c1-13(2)18-21-22-19(27-18)24-11-9-23(10-12-24)17(26)8-7-16(25)14-3-5-15(20)6-4-14/h3-6,13H,7-12H2,1-2H3. The quantitative estimate of drug-likeness (QED) is 0.705. The number of nitrogens with zero attached hydrogens (tertiary/aromatic N) is 4. The fraction of sp³-hybridized carbons (Fsp3) is 0.474. The van der Waals surface area contributed by atoms with Crippen molar-refractivity contribution in [3.8, 4) is 0 Å². The molecule has 0 saturated carbocycles. The molecule has 1 fully saturated rings. The molecule has 27 heavy (non-hydrogen) atoms. The third-order valence-corrected chi connectivity index (χ3v) is 4.81. The maximum absolute atomic E-state index is 12.4. The van der Waals surface area contributed by atoms with Crippen LogP contribution in [-0.2, 0) is 4.79 Å². The molecule has 1 amide bonds. The summed E-state index contributed by atoms with van der Waals surface area (Å²) in [7, 11) is 0. The molecule has 0 atom stereocenters. The van der Waals surface area contributed by atoms with Crippen molar-refractivity contribution >= 4 is 29.3 Å². The minimum Gasteiger partial charge on any atom is -0.408 e. The molecular weight excluding hydrogens is 368 g/mol. The number of amides is 1. The zero-order valence-corrected chi connectivity index (χ0v) is 16.3. The van der Waals surface area contributed by atoms with Crippen LogP contribution in [0.4, 0.5) is 6.01 Å². The summed E-state index contributed by atoms with van der Waals surface area (Å²) in [5, 5.41) is 8.71. The topological polar surface area (TPSA) is 79.5 Å². The van der Waals surface area contributed by atoms with Gasteiger partial charge in [0.2, 0.25) is 11.8 Å². The molecular formula is C19H23ClN4O3. The van der Waals surface area contributed by atoms with Gasteiger partial charge in [-0.05, 0) is 24.3 Å². The summed E-state index contributed by atoms with van der Waals surface area (Å²) in [6, 6.07) is 7.23. The third-order valence-electron chi connectivity index (χ3n) is 4.56. The Morgan fingerprint density at radius 3 is 2.33 bits per heavy atom. The molecule has 1 aromatic carbocycles. The van der Waals surface area contributed by atoms with E-state index < -0.39 is 0 Å². The molecule has 1 aliphatic heterocycles. The van der Waals surface area contributed by atoms with Gasteiger partial charge in [0.25, 0.3) is 0 Å². The van der Waals surface area contributed by atoms with Gasteiger partial charge in [0.05, 0.1) is 0 Å². The minimum atomic E-state index is -0.0503. The lowest BCUT2D eigenvalue weighted by molar-refractivity contribution is -0.131. The average Bonchev–Trinajstić information content (AvgIpc) is 3.17. The molecule has 8 heteroatoms. The molecule has 144 valence electrons. The van der Waals surface area contributed by atoms with Gasteiger partial charge >= 0.3 is 6.01 Å². The molecule has 0 bridgehead atoms. The van der Waals surface area contributed by atoms with Gasteiger partial charge in [-0.3, -0.25) is 9.59 Å². The Bertz CT molecular complexity index is 796. The molecule has 2 heterocycles. The van der Waals surface area contributed by atoms with Crippen molar-refractivity contribution in [3.63, 3.8) is 0 Å². The lowest BCUT2D eigenvalue weighted by atomic mass is 10.1. The average molecular weight is 391 g/mol. The highest BCUT2D eigenvalue weighted by Gasteiger charge is 2.25. The highest BCUT2D eigenvalue weighted by molar-refractivity contribution is 6.30. The molecule has 0 radical (unpaired) electrons. The van der Waals surface area contributed by atoms with E-state index in [0.29, 0.717) is 48.7 Å². The number of benzene rings is 1. The van der Waals surface area contributed by atoms with Crippen LogP contribution in [0, 0.1) is 0 Å². The van der Waals surface area contributed by atoms with Crippen molar-refractivity contribution < 1.29 is 14.0 Å². The summed E-state index contributed by atoms with van der Waals surface area (Å²) in [6.07, 6.45) is 0.404. The van der Waals surface area contributed by atoms with Crippen LogP contribution >= 0.6 is 11.6 Å². The Labute approximate surface area is 163 Å². The van der Waals surface area contributed by atoms with Crippen molar-refractivity contribution in [1.82, 2.24) is 15.1 Å². The molecule has 1 saturated heterocycles. The highest BCUT2D eigenvalue weighted by atomic mass is 35.5. The van der Waals surface area contributed by atoms with Crippen LogP contribution in [-0.4, -0.2) is 53.0 Å². The normalized spacial score (nSPS) is 14.7. The second kappa shape index (κ2) is 8.52. The van der Waals surface area contributed by atoms with E-state index in [2.05, 4.69) is 10.2 Å². The van der Waals surface area contributed by atoms with Gasteiger partial charge in [0.1, 0.15) is 0 Å². The molecule has 1 aliphatic rings. The van der Waals surface area contributed by atoms with Crippen molar-refractivity contribution in [2.24, 2.45) is 0 Å². The number of aromatic nitrogens is 2. The SMILES string of the molecule is CC(C)c1nnc(N2CCN(C(=O)CCC(=O)c3ccc(Cl)cc3)CC2)o1. The van der Waals surface area contributed by atoms with Crippen LogP contribution in [0.5, 0.6) is 0 Å². The lowest BCUT2D eigenvalue weighted by Crippen LogP contribution is -2.49. The van der Waals surface area contributed by atoms with Crippen molar-refractivity contribution in [2.45, 2.75) is 32.6 Å².